The predicted molar refractivity (Wildman–Crippen MR) is 75.0 cm³/mol. The number of halogens is 1. The lowest BCUT2D eigenvalue weighted by atomic mass is 10.4. The molecule has 2 rings (SSSR count). The number of guanidine groups is 1. The molecule has 0 atom stereocenters. The van der Waals surface area contributed by atoms with Gasteiger partial charge in [0.1, 0.15) is 0 Å². The summed E-state index contributed by atoms with van der Waals surface area (Å²) in [7, 11) is 3.73. The smallest absolute Gasteiger partial charge is 0.191 e. The Hall–Kier alpha value is -0.790. The van der Waals surface area contributed by atoms with E-state index in [2.05, 4.69) is 20.7 Å². The molecule has 1 aromatic heterocycles. The third-order valence-corrected chi connectivity index (χ3v) is 2.50. The lowest BCUT2D eigenvalue weighted by Crippen LogP contribution is -2.38. The van der Waals surface area contributed by atoms with E-state index in [9.17, 15) is 0 Å². The molecule has 1 heterocycles. The van der Waals surface area contributed by atoms with Gasteiger partial charge in [0.05, 0.1) is 12.2 Å². The summed E-state index contributed by atoms with van der Waals surface area (Å²) < 4.78 is 1.86. The molecule has 0 aliphatic heterocycles. The predicted octanol–water partition coefficient (Wildman–Crippen LogP) is 0.865. The van der Waals surface area contributed by atoms with Crippen molar-refractivity contribution in [2.45, 2.75) is 25.4 Å². The van der Waals surface area contributed by atoms with E-state index in [1.54, 1.807) is 13.2 Å². The van der Waals surface area contributed by atoms with E-state index in [1.165, 1.54) is 12.8 Å². The second-order valence-electron chi connectivity index (χ2n) is 3.79. The van der Waals surface area contributed by atoms with Crippen LogP contribution < -0.4 is 10.6 Å². The molecule has 16 heavy (non-hydrogen) atoms. The highest BCUT2D eigenvalue weighted by molar-refractivity contribution is 14.0. The summed E-state index contributed by atoms with van der Waals surface area (Å²) in [6.07, 6.45) is 4.31. The van der Waals surface area contributed by atoms with Gasteiger partial charge in [0.25, 0.3) is 0 Å². The van der Waals surface area contributed by atoms with Crippen LogP contribution >= 0.6 is 24.0 Å². The van der Waals surface area contributed by atoms with Crippen molar-refractivity contribution in [3.05, 3.63) is 18.0 Å². The van der Waals surface area contributed by atoms with E-state index >= 15 is 0 Å². The molecule has 0 radical (unpaired) electrons. The minimum absolute atomic E-state index is 0. The summed E-state index contributed by atoms with van der Waals surface area (Å²) in [5, 5.41) is 10.7. The number of hydrogen-bond acceptors (Lipinski definition) is 2. The van der Waals surface area contributed by atoms with E-state index in [0.717, 1.165) is 18.2 Å². The molecule has 1 saturated carbocycles. The normalized spacial score (nSPS) is 15.5. The van der Waals surface area contributed by atoms with Gasteiger partial charge in [-0.15, -0.1) is 24.0 Å². The molecule has 1 aliphatic rings. The number of aryl methyl sites for hydroxylation is 1. The van der Waals surface area contributed by atoms with Gasteiger partial charge in [0.2, 0.25) is 0 Å². The molecule has 1 aliphatic carbocycles. The maximum absolute atomic E-state index is 4.16. The SMILES string of the molecule is CN=C(NCc1ccnn1C)NC1CC1.I. The summed E-state index contributed by atoms with van der Waals surface area (Å²) in [4.78, 5) is 4.16. The van der Waals surface area contributed by atoms with Crippen molar-refractivity contribution in [1.82, 2.24) is 20.4 Å². The van der Waals surface area contributed by atoms with Crippen LogP contribution in [-0.4, -0.2) is 28.8 Å². The van der Waals surface area contributed by atoms with E-state index in [1.807, 2.05) is 17.8 Å². The van der Waals surface area contributed by atoms with Crippen molar-refractivity contribution in [3.63, 3.8) is 0 Å². The van der Waals surface area contributed by atoms with Crippen LogP contribution in [0.15, 0.2) is 17.3 Å². The molecule has 0 saturated heterocycles. The van der Waals surface area contributed by atoms with Crippen LogP contribution in [-0.2, 0) is 13.6 Å². The Labute approximate surface area is 113 Å². The van der Waals surface area contributed by atoms with Crippen LogP contribution in [0.25, 0.3) is 0 Å². The highest BCUT2D eigenvalue weighted by Crippen LogP contribution is 2.18. The zero-order valence-corrected chi connectivity index (χ0v) is 11.9. The fraction of sp³-hybridized carbons (Fsp3) is 0.600. The number of nitrogens with one attached hydrogen (secondary N) is 2. The van der Waals surface area contributed by atoms with Gasteiger partial charge in [-0.1, -0.05) is 0 Å². The van der Waals surface area contributed by atoms with Gasteiger partial charge in [0, 0.05) is 26.3 Å². The fourth-order valence-corrected chi connectivity index (χ4v) is 1.36. The molecule has 0 amide bonds. The van der Waals surface area contributed by atoms with Crippen LogP contribution in [0, 0.1) is 0 Å². The highest BCUT2D eigenvalue weighted by atomic mass is 127. The number of hydrogen-bond donors (Lipinski definition) is 2. The fourth-order valence-electron chi connectivity index (χ4n) is 1.36. The van der Waals surface area contributed by atoms with Crippen molar-refractivity contribution in [1.29, 1.82) is 0 Å². The van der Waals surface area contributed by atoms with E-state index < -0.39 is 0 Å². The molecule has 6 heteroatoms. The quantitative estimate of drug-likeness (QED) is 0.490. The third kappa shape index (κ3) is 3.66. The first-order valence-corrected chi connectivity index (χ1v) is 5.23. The number of nitrogens with zero attached hydrogens (tertiary/aromatic N) is 3. The van der Waals surface area contributed by atoms with E-state index in [0.29, 0.717) is 6.04 Å². The van der Waals surface area contributed by atoms with Gasteiger partial charge in [-0.3, -0.25) is 9.67 Å². The Kier molecular flexibility index (Phi) is 5.04. The molecule has 90 valence electrons. The maximum atomic E-state index is 4.16. The summed E-state index contributed by atoms with van der Waals surface area (Å²) >= 11 is 0. The van der Waals surface area contributed by atoms with Gasteiger partial charge in [-0.2, -0.15) is 5.10 Å². The Bertz CT molecular complexity index is 356. The Morgan fingerprint density at radius 3 is 2.88 bits per heavy atom. The van der Waals surface area contributed by atoms with Gasteiger partial charge in [-0.05, 0) is 18.9 Å². The van der Waals surface area contributed by atoms with Gasteiger partial charge < -0.3 is 10.6 Å². The van der Waals surface area contributed by atoms with Crippen LogP contribution in [0.5, 0.6) is 0 Å². The van der Waals surface area contributed by atoms with Gasteiger partial charge in [0.15, 0.2) is 5.96 Å². The van der Waals surface area contributed by atoms with Crippen molar-refractivity contribution in [3.8, 4) is 0 Å². The van der Waals surface area contributed by atoms with Gasteiger partial charge >= 0.3 is 0 Å². The van der Waals surface area contributed by atoms with Crippen molar-refractivity contribution >= 4 is 29.9 Å². The Morgan fingerprint density at radius 2 is 2.38 bits per heavy atom. The monoisotopic (exact) mass is 335 g/mol. The zero-order valence-electron chi connectivity index (χ0n) is 9.60. The molecule has 0 aromatic carbocycles. The lowest BCUT2D eigenvalue weighted by molar-refractivity contribution is 0.684. The average Bonchev–Trinajstić information content (AvgIpc) is 2.96. The lowest BCUT2D eigenvalue weighted by Gasteiger charge is -2.10. The summed E-state index contributed by atoms with van der Waals surface area (Å²) in [5.41, 5.74) is 1.15. The number of aliphatic imine (C=N–C) groups is 1. The molecular formula is C10H18IN5. The van der Waals surface area contributed by atoms with Crippen molar-refractivity contribution < 1.29 is 0 Å². The number of rotatable bonds is 3. The maximum Gasteiger partial charge on any atom is 0.191 e. The molecule has 1 aromatic rings. The summed E-state index contributed by atoms with van der Waals surface area (Å²) in [6, 6.07) is 2.62. The minimum atomic E-state index is 0. The Morgan fingerprint density at radius 1 is 1.62 bits per heavy atom. The van der Waals surface area contributed by atoms with Crippen LogP contribution in [0.4, 0.5) is 0 Å². The first-order valence-electron chi connectivity index (χ1n) is 5.23. The van der Waals surface area contributed by atoms with Crippen LogP contribution in [0.2, 0.25) is 0 Å². The molecule has 0 unspecified atom stereocenters. The molecule has 0 spiro atoms. The molecule has 0 bridgehead atoms. The Balaban J connectivity index is 0.00000128. The average molecular weight is 335 g/mol. The topological polar surface area (TPSA) is 54.2 Å². The van der Waals surface area contributed by atoms with Crippen LogP contribution in [0.3, 0.4) is 0 Å². The zero-order chi connectivity index (χ0) is 10.7. The van der Waals surface area contributed by atoms with E-state index in [4.69, 9.17) is 0 Å². The number of aromatic nitrogens is 2. The second kappa shape index (κ2) is 6.07. The summed E-state index contributed by atoms with van der Waals surface area (Å²) in [6.45, 7) is 0.753. The second-order valence-corrected chi connectivity index (χ2v) is 3.79. The molecule has 2 N–H and O–H groups in total. The van der Waals surface area contributed by atoms with Crippen LogP contribution in [0.1, 0.15) is 18.5 Å². The van der Waals surface area contributed by atoms with Gasteiger partial charge in [-0.25, -0.2) is 0 Å². The largest absolute Gasteiger partial charge is 0.354 e. The van der Waals surface area contributed by atoms with Crippen molar-refractivity contribution in [2.75, 3.05) is 7.05 Å². The molecule has 1 fully saturated rings. The standard InChI is InChI=1S/C10H17N5.HI/c1-11-10(14-8-3-4-8)12-7-9-5-6-13-15(9)2;/h5-6,8H,3-4,7H2,1-2H3,(H2,11,12,14);1H. The minimum Gasteiger partial charge on any atom is -0.354 e. The van der Waals surface area contributed by atoms with E-state index in [-0.39, 0.29) is 24.0 Å². The molecule has 5 nitrogen and oxygen atoms in total. The summed E-state index contributed by atoms with van der Waals surface area (Å²) in [5.74, 6) is 0.874. The molecular weight excluding hydrogens is 317 g/mol. The first-order chi connectivity index (χ1) is 7.29. The third-order valence-electron chi connectivity index (χ3n) is 2.50. The first kappa shape index (κ1) is 13.3. The highest BCUT2D eigenvalue weighted by Gasteiger charge is 2.21. The van der Waals surface area contributed by atoms with Crippen molar-refractivity contribution in [2.24, 2.45) is 12.0 Å².